The van der Waals surface area contributed by atoms with Crippen LogP contribution >= 0.6 is 0 Å². The Hall–Kier alpha value is -1.92. The number of aryl methyl sites for hydroxylation is 2. The maximum Gasteiger partial charge on any atom is 0.279 e. The average molecular weight is 429 g/mol. The molecule has 1 saturated carbocycles. The first-order chi connectivity index (χ1) is 15.0. The van der Waals surface area contributed by atoms with E-state index in [1.54, 1.807) is 0 Å². The van der Waals surface area contributed by atoms with Crippen LogP contribution in [0.25, 0.3) is 0 Å². The SMILES string of the molecule is Cc1cccc(C)c1NC(=O)C[NH+]1CC[NH+](CC(=O)N2CC[C@H]3CCCC[C@@H]3C2)CC1. The Morgan fingerprint density at radius 1 is 0.935 bits per heavy atom. The van der Waals surface area contributed by atoms with Crippen LogP contribution in [0.3, 0.4) is 0 Å². The van der Waals surface area contributed by atoms with Crippen LogP contribution in [0.1, 0.15) is 43.2 Å². The van der Waals surface area contributed by atoms with E-state index >= 15 is 0 Å². The second kappa shape index (κ2) is 10.1. The van der Waals surface area contributed by atoms with Gasteiger partial charge in [0.05, 0.1) is 0 Å². The number of carbonyl (C=O) groups is 2. The van der Waals surface area contributed by atoms with E-state index in [2.05, 4.69) is 10.2 Å². The van der Waals surface area contributed by atoms with Gasteiger partial charge in [-0.15, -0.1) is 0 Å². The number of nitrogens with one attached hydrogen (secondary N) is 3. The highest BCUT2D eigenvalue weighted by Crippen LogP contribution is 2.35. The van der Waals surface area contributed by atoms with Crippen molar-refractivity contribution in [2.75, 3.05) is 57.7 Å². The number of anilines is 1. The minimum atomic E-state index is 0.0854. The molecule has 0 bridgehead atoms. The summed E-state index contributed by atoms with van der Waals surface area (Å²) in [5.41, 5.74) is 3.16. The molecule has 1 aromatic carbocycles. The molecule has 2 heterocycles. The van der Waals surface area contributed by atoms with Gasteiger partial charge in [-0.2, -0.15) is 0 Å². The van der Waals surface area contributed by atoms with Gasteiger partial charge in [-0.3, -0.25) is 9.59 Å². The van der Waals surface area contributed by atoms with Gasteiger partial charge in [0.1, 0.15) is 26.2 Å². The van der Waals surface area contributed by atoms with Crippen molar-refractivity contribution < 1.29 is 19.4 Å². The highest BCUT2D eigenvalue weighted by molar-refractivity contribution is 5.93. The van der Waals surface area contributed by atoms with Gasteiger partial charge in [0.25, 0.3) is 11.8 Å². The number of amides is 2. The fourth-order valence-electron chi connectivity index (χ4n) is 5.89. The Labute approximate surface area is 187 Å². The van der Waals surface area contributed by atoms with Gasteiger partial charge in [0.15, 0.2) is 13.1 Å². The molecule has 4 rings (SSSR count). The van der Waals surface area contributed by atoms with Crippen LogP contribution in [0.15, 0.2) is 18.2 Å². The van der Waals surface area contributed by atoms with Crippen molar-refractivity contribution in [3.05, 3.63) is 29.3 Å². The Morgan fingerprint density at radius 2 is 1.55 bits per heavy atom. The molecule has 1 aromatic rings. The number of likely N-dealkylation sites (tertiary alicyclic amines) is 1. The molecule has 2 atom stereocenters. The number of hydrogen-bond donors (Lipinski definition) is 3. The highest BCUT2D eigenvalue weighted by atomic mass is 16.2. The van der Waals surface area contributed by atoms with Crippen molar-refractivity contribution in [2.45, 2.75) is 46.0 Å². The van der Waals surface area contributed by atoms with E-state index in [1.165, 1.54) is 41.9 Å². The van der Waals surface area contributed by atoms with Crippen LogP contribution in [-0.4, -0.2) is 69.1 Å². The molecular weight excluding hydrogens is 388 g/mol. The summed E-state index contributed by atoms with van der Waals surface area (Å²) < 4.78 is 0. The maximum atomic E-state index is 12.9. The number of carbonyl (C=O) groups excluding carboxylic acids is 2. The lowest BCUT2D eigenvalue weighted by Gasteiger charge is -2.41. The molecule has 0 spiro atoms. The van der Waals surface area contributed by atoms with E-state index in [0.717, 1.165) is 67.9 Å². The molecule has 3 fully saturated rings. The third-order valence-electron chi connectivity index (χ3n) is 7.87. The summed E-state index contributed by atoms with van der Waals surface area (Å²) in [6.07, 6.45) is 6.62. The normalized spacial score (nSPS) is 28.6. The zero-order valence-electron chi connectivity index (χ0n) is 19.3. The largest absolute Gasteiger partial charge is 0.338 e. The van der Waals surface area contributed by atoms with Gasteiger partial charge in [-0.1, -0.05) is 37.5 Å². The number of fused-ring (bicyclic) bond motifs is 1. The lowest BCUT2D eigenvalue weighted by atomic mass is 9.75. The molecule has 0 unspecified atom stereocenters. The summed E-state index contributed by atoms with van der Waals surface area (Å²) in [6.45, 7) is 11.0. The van der Waals surface area contributed by atoms with E-state index in [9.17, 15) is 9.59 Å². The van der Waals surface area contributed by atoms with Crippen molar-refractivity contribution in [3.8, 4) is 0 Å². The molecule has 1 aliphatic carbocycles. The van der Waals surface area contributed by atoms with Crippen molar-refractivity contribution >= 4 is 17.5 Å². The van der Waals surface area contributed by atoms with E-state index in [-0.39, 0.29) is 5.91 Å². The number of hydrogen-bond acceptors (Lipinski definition) is 2. The first kappa shape index (κ1) is 22.3. The highest BCUT2D eigenvalue weighted by Gasteiger charge is 2.34. The number of nitrogens with zero attached hydrogens (tertiary/aromatic N) is 1. The predicted octanol–water partition coefficient (Wildman–Crippen LogP) is 0.0640. The number of benzene rings is 1. The van der Waals surface area contributed by atoms with Crippen LogP contribution in [0, 0.1) is 25.7 Å². The summed E-state index contributed by atoms with van der Waals surface area (Å²) in [7, 11) is 0. The predicted molar refractivity (Wildman–Crippen MR) is 122 cm³/mol. The van der Waals surface area contributed by atoms with Crippen molar-refractivity contribution in [1.82, 2.24) is 4.90 Å². The third kappa shape index (κ3) is 5.66. The molecular formula is C25H40N4O2+2. The molecule has 170 valence electrons. The minimum Gasteiger partial charge on any atom is -0.338 e. The molecule has 0 aromatic heterocycles. The van der Waals surface area contributed by atoms with Crippen molar-refractivity contribution in [3.63, 3.8) is 0 Å². The van der Waals surface area contributed by atoms with Crippen LogP contribution < -0.4 is 15.1 Å². The van der Waals surface area contributed by atoms with Crippen LogP contribution in [-0.2, 0) is 9.59 Å². The van der Waals surface area contributed by atoms with Crippen molar-refractivity contribution in [1.29, 1.82) is 0 Å². The smallest absolute Gasteiger partial charge is 0.279 e. The summed E-state index contributed by atoms with van der Waals surface area (Å²) in [4.78, 5) is 30.3. The molecule has 2 saturated heterocycles. The molecule has 0 radical (unpaired) electrons. The Morgan fingerprint density at radius 3 is 2.23 bits per heavy atom. The van der Waals surface area contributed by atoms with Crippen LogP contribution in [0.5, 0.6) is 0 Å². The maximum absolute atomic E-state index is 12.9. The van der Waals surface area contributed by atoms with Gasteiger partial charge >= 0.3 is 0 Å². The number of piperidine rings is 1. The topological polar surface area (TPSA) is 58.3 Å². The van der Waals surface area contributed by atoms with E-state index < -0.39 is 0 Å². The summed E-state index contributed by atoms with van der Waals surface area (Å²) in [5.74, 6) is 2.04. The Balaban J connectivity index is 1.19. The Kier molecular flexibility index (Phi) is 7.28. The second-order valence-corrected chi connectivity index (χ2v) is 10.1. The van der Waals surface area contributed by atoms with E-state index in [0.29, 0.717) is 19.0 Å². The molecule has 6 nitrogen and oxygen atoms in total. The Bertz CT molecular complexity index is 767. The van der Waals surface area contributed by atoms with Crippen LogP contribution in [0.2, 0.25) is 0 Å². The zero-order valence-corrected chi connectivity index (χ0v) is 19.3. The number of rotatable bonds is 5. The summed E-state index contributed by atoms with van der Waals surface area (Å²) in [6, 6.07) is 6.09. The van der Waals surface area contributed by atoms with E-state index in [1.807, 2.05) is 32.0 Å². The quantitative estimate of drug-likeness (QED) is 0.622. The third-order valence-corrected chi connectivity index (χ3v) is 7.87. The summed E-state index contributed by atoms with van der Waals surface area (Å²) in [5, 5.41) is 3.11. The average Bonchev–Trinajstić information content (AvgIpc) is 2.77. The lowest BCUT2D eigenvalue weighted by Crippen LogP contribution is -3.28. The molecule has 2 amide bonds. The van der Waals surface area contributed by atoms with Gasteiger partial charge in [-0.05, 0) is 49.7 Å². The second-order valence-electron chi connectivity index (χ2n) is 10.1. The van der Waals surface area contributed by atoms with Gasteiger partial charge in [0, 0.05) is 18.8 Å². The number of quaternary nitrogens is 2. The van der Waals surface area contributed by atoms with Crippen molar-refractivity contribution in [2.24, 2.45) is 11.8 Å². The molecule has 2 aliphatic heterocycles. The fraction of sp³-hybridized carbons (Fsp3) is 0.680. The first-order valence-electron chi connectivity index (χ1n) is 12.3. The van der Waals surface area contributed by atoms with Gasteiger partial charge in [-0.25, -0.2) is 0 Å². The van der Waals surface area contributed by atoms with Crippen LogP contribution in [0.4, 0.5) is 5.69 Å². The molecule has 3 N–H and O–H groups in total. The fourth-order valence-corrected chi connectivity index (χ4v) is 5.89. The monoisotopic (exact) mass is 428 g/mol. The van der Waals surface area contributed by atoms with E-state index in [4.69, 9.17) is 0 Å². The first-order valence-corrected chi connectivity index (χ1v) is 12.3. The molecule has 6 heteroatoms. The lowest BCUT2D eigenvalue weighted by molar-refractivity contribution is -1.00. The zero-order chi connectivity index (χ0) is 21.8. The molecule has 31 heavy (non-hydrogen) atoms. The number of piperazine rings is 1. The summed E-state index contributed by atoms with van der Waals surface area (Å²) >= 11 is 0. The number of para-hydroxylation sites is 1. The van der Waals surface area contributed by atoms with Gasteiger partial charge < -0.3 is 20.0 Å². The minimum absolute atomic E-state index is 0.0854. The van der Waals surface area contributed by atoms with Gasteiger partial charge in [0.2, 0.25) is 0 Å². The molecule has 3 aliphatic rings. The standard InChI is InChI=1S/C25H38N4O2/c1-19-6-5-7-20(2)25(19)26-23(30)17-27-12-14-28(15-13-27)18-24(31)29-11-10-21-8-3-4-9-22(21)16-29/h5-7,21-22H,3-4,8-18H2,1-2H3,(H,26,30)/p+2/t21-,22-/m1/s1.